The molecule has 0 radical (unpaired) electrons. The van der Waals surface area contributed by atoms with Crippen LogP contribution >= 0.6 is 12.4 Å². The van der Waals surface area contributed by atoms with Gasteiger partial charge in [0.05, 0.1) is 11.7 Å². The van der Waals surface area contributed by atoms with Gasteiger partial charge in [-0.25, -0.2) is 4.39 Å². The molecule has 2 rings (SSSR count). The van der Waals surface area contributed by atoms with Crippen LogP contribution in [0.2, 0.25) is 0 Å². The number of amides is 1. The highest BCUT2D eigenvalue weighted by molar-refractivity contribution is 5.96. The minimum Gasteiger partial charge on any atom is -0.434 e. The molecule has 0 aromatic heterocycles. The number of nitrogens with one attached hydrogen (secondary N) is 2. The fourth-order valence-corrected chi connectivity index (χ4v) is 2.12. The molecule has 2 atom stereocenters. The van der Waals surface area contributed by atoms with Crippen molar-refractivity contribution in [3.8, 4) is 5.75 Å². The summed E-state index contributed by atoms with van der Waals surface area (Å²) in [5.74, 6) is -2.12. The second-order valence-electron chi connectivity index (χ2n) is 4.71. The summed E-state index contributed by atoms with van der Waals surface area (Å²) in [7, 11) is 0. The van der Waals surface area contributed by atoms with E-state index in [9.17, 15) is 23.1 Å². The van der Waals surface area contributed by atoms with Crippen molar-refractivity contribution in [2.45, 2.75) is 12.7 Å². The highest BCUT2D eigenvalue weighted by Crippen LogP contribution is 2.22. The first-order valence-corrected chi connectivity index (χ1v) is 6.38. The first kappa shape index (κ1) is 18.5. The molecule has 1 aromatic carbocycles. The lowest BCUT2D eigenvalue weighted by atomic mass is 10.1. The smallest absolute Gasteiger partial charge is 0.387 e. The maximum absolute atomic E-state index is 13.0. The summed E-state index contributed by atoms with van der Waals surface area (Å²) in [5, 5.41) is 15.1. The fraction of sp³-hybridized carbons (Fsp3) is 0.462. The summed E-state index contributed by atoms with van der Waals surface area (Å²) in [6.07, 6.45) is -0.574. The number of alkyl halides is 2. The quantitative estimate of drug-likeness (QED) is 0.752. The number of benzene rings is 1. The lowest BCUT2D eigenvalue weighted by Crippen LogP contribution is -2.34. The second kappa shape index (κ2) is 8.21. The van der Waals surface area contributed by atoms with Crippen molar-refractivity contribution in [2.24, 2.45) is 5.92 Å². The molecule has 2 unspecified atom stereocenters. The predicted molar refractivity (Wildman–Crippen MR) is 75.0 cm³/mol. The van der Waals surface area contributed by atoms with Gasteiger partial charge in [0.25, 0.3) is 5.91 Å². The van der Waals surface area contributed by atoms with E-state index in [1.807, 2.05) is 0 Å². The van der Waals surface area contributed by atoms with Crippen LogP contribution in [0.1, 0.15) is 10.4 Å². The molecule has 0 bridgehead atoms. The van der Waals surface area contributed by atoms with Gasteiger partial charge < -0.3 is 20.5 Å². The van der Waals surface area contributed by atoms with Crippen molar-refractivity contribution in [2.75, 3.05) is 19.6 Å². The summed E-state index contributed by atoms with van der Waals surface area (Å²) in [5.41, 5.74) is -0.183. The summed E-state index contributed by atoms with van der Waals surface area (Å²) in [4.78, 5) is 12.0. The van der Waals surface area contributed by atoms with E-state index >= 15 is 0 Å². The number of rotatable bonds is 5. The second-order valence-corrected chi connectivity index (χ2v) is 4.71. The van der Waals surface area contributed by atoms with E-state index in [-0.39, 0.29) is 30.4 Å². The molecular formula is C13H16ClF3N2O3. The minimum atomic E-state index is -3.15. The molecule has 0 aliphatic carbocycles. The Balaban J connectivity index is 0.00000242. The Bertz CT molecular complexity index is 519. The summed E-state index contributed by atoms with van der Waals surface area (Å²) < 4.78 is 41.7. The van der Waals surface area contributed by atoms with Crippen LogP contribution in [-0.2, 0) is 0 Å². The van der Waals surface area contributed by atoms with Crippen molar-refractivity contribution in [3.05, 3.63) is 29.6 Å². The number of ether oxygens (including phenoxy) is 1. The zero-order chi connectivity index (χ0) is 15.4. The number of hydrogen-bond donors (Lipinski definition) is 3. The molecule has 124 valence electrons. The SMILES string of the molecule is Cl.O=C(NCC1CNCC1O)c1ccc(F)cc1OC(F)F. The number of aliphatic hydroxyl groups excluding tert-OH is 1. The van der Waals surface area contributed by atoms with E-state index in [1.165, 1.54) is 0 Å². The van der Waals surface area contributed by atoms with E-state index < -0.39 is 30.2 Å². The molecule has 22 heavy (non-hydrogen) atoms. The van der Waals surface area contributed by atoms with E-state index in [4.69, 9.17) is 0 Å². The van der Waals surface area contributed by atoms with Crippen molar-refractivity contribution in [1.82, 2.24) is 10.6 Å². The standard InChI is InChI=1S/C13H15F3N2O3.ClH/c14-8-1-2-9(11(3-8)21-13(15)16)12(20)18-5-7-4-17-6-10(7)19;/h1-3,7,10,13,17,19H,4-6H2,(H,18,20);1H. The Labute approximate surface area is 131 Å². The van der Waals surface area contributed by atoms with Crippen LogP contribution in [0.5, 0.6) is 5.75 Å². The third kappa shape index (κ3) is 4.75. The van der Waals surface area contributed by atoms with Crippen molar-refractivity contribution >= 4 is 18.3 Å². The van der Waals surface area contributed by atoms with Crippen LogP contribution in [0.25, 0.3) is 0 Å². The maximum atomic E-state index is 13.0. The van der Waals surface area contributed by atoms with E-state index in [0.717, 1.165) is 18.2 Å². The molecule has 5 nitrogen and oxygen atoms in total. The van der Waals surface area contributed by atoms with Crippen LogP contribution in [-0.4, -0.2) is 43.4 Å². The van der Waals surface area contributed by atoms with Gasteiger partial charge in [-0.2, -0.15) is 8.78 Å². The molecular weight excluding hydrogens is 325 g/mol. The van der Waals surface area contributed by atoms with Gasteiger partial charge in [-0.3, -0.25) is 4.79 Å². The number of halogens is 4. The zero-order valence-electron chi connectivity index (χ0n) is 11.4. The van der Waals surface area contributed by atoms with Crippen LogP contribution in [0.15, 0.2) is 18.2 Å². The molecule has 0 saturated carbocycles. The lowest BCUT2D eigenvalue weighted by molar-refractivity contribution is -0.0503. The first-order valence-electron chi connectivity index (χ1n) is 6.38. The molecule has 1 amide bonds. The Morgan fingerprint density at radius 1 is 1.45 bits per heavy atom. The van der Waals surface area contributed by atoms with Gasteiger partial charge in [-0.05, 0) is 12.1 Å². The Morgan fingerprint density at radius 3 is 2.77 bits per heavy atom. The number of aliphatic hydroxyl groups is 1. The normalized spacial score (nSPS) is 20.6. The van der Waals surface area contributed by atoms with Crippen LogP contribution in [0.3, 0.4) is 0 Å². The highest BCUT2D eigenvalue weighted by Gasteiger charge is 2.26. The van der Waals surface area contributed by atoms with Crippen LogP contribution in [0, 0.1) is 11.7 Å². The van der Waals surface area contributed by atoms with Crippen molar-refractivity contribution in [1.29, 1.82) is 0 Å². The highest BCUT2D eigenvalue weighted by atomic mass is 35.5. The molecule has 1 saturated heterocycles. The molecule has 1 aliphatic heterocycles. The lowest BCUT2D eigenvalue weighted by Gasteiger charge is -2.15. The minimum absolute atomic E-state index is 0. The number of carbonyl (C=O) groups excluding carboxylic acids is 1. The average Bonchev–Trinajstić information content (AvgIpc) is 2.81. The topological polar surface area (TPSA) is 70.6 Å². The molecule has 3 N–H and O–H groups in total. The van der Waals surface area contributed by atoms with Crippen molar-refractivity contribution in [3.63, 3.8) is 0 Å². The third-order valence-corrected chi connectivity index (χ3v) is 3.23. The van der Waals surface area contributed by atoms with Gasteiger partial charge in [0, 0.05) is 31.6 Å². The summed E-state index contributed by atoms with van der Waals surface area (Å²) >= 11 is 0. The van der Waals surface area contributed by atoms with E-state index in [1.54, 1.807) is 0 Å². The molecule has 9 heteroatoms. The van der Waals surface area contributed by atoms with E-state index in [2.05, 4.69) is 15.4 Å². The first-order chi connectivity index (χ1) is 9.97. The van der Waals surface area contributed by atoms with Gasteiger partial charge >= 0.3 is 6.61 Å². The summed E-state index contributed by atoms with van der Waals surface area (Å²) in [6, 6.07) is 2.79. The van der Waals surface area contributed by atoms with Gasteiger partial charge in [-0.15, -0.1) is 12.4 Å². The maximum Gasteiger partial charge on any atom is 0.387 e. The predicted octanol–water partition coefficient (Wildman–Crippen LogP) is 1.16. The Kier molecular flexibility index (Phi) is 6.92. The third-order valence-electron chi connectivity index (χ3n) is 3.23. The monoisotopic (exact) mass is 340 g/mol. The van der Waals surface area contributed by atoms with Gasteiger partial charge in [0.1, 0.15) is 11.6 Å². The summed E-state index contributed by atoms with van der Waals surface area (Å²) in [6.45, 7) is -1.99. The molecule has 1 aliphatic rings. The van der Waals surface area contributed by atoms with Crippen molar-refractivity contribution < 1.29 is 27.8 Å². The largest absolute Gasteiger partial charge is 0.434 e. The molecule has 1 aromatic rings. The number of hydrogen-bond acceptors (Lipinski definition) is 4. The fourth-order valence-electron chi connectivity index (χ4n) is 2.12. The van der Waals surface area contributed by atoms with E-state index in [0.29, 0.717) is 13.1 Å². The van der Waals surface area contributed by atoms with Gasteiger partial charge in [0.2, 0.25) is 0 Å². The van der Waals surface area contributed by atoms with Crippen LogP contribution < -0.4 is 15.4 Å². The number of β-amino-alcohol motifs (C(OH)–C–C–N with tert-alkyl or cyclic N) is 1. The average molecular weight is 341 g/mol. The molecule has 1 heterocycles. The Morgan fingerprint density at radius 2 is 2.18 bits per heavy atom. The van der Waals surface area contributed by atoms with Gasteiger partial charge in [-0.1, -0.05) is 0 Å². The number of carbonyl (C=O) groups is 1. The molecule has 1 fully saturated rings. The zero-order valence-corrected chi connectivity index (χ0v) is 12.2. The van der Waals surface area contributed by atoms with Crippen LogP contribution in [0.4, 0.5) is 13.2 Å². The molecule has 0 spiro atoms. The van der Waals surface area contributed by atoms with Gasteiger partial charge in [0.15, 0.2) is 0 Å². The Hall–Kier alpha value is -1.51.